The van der Waals surface area contributed by atoms with Crippen LogP contribution in [0.3, 0.4) is 0 Å². The molecule has 0 fully saturated rings. The molecule has 1 aliphatic rings. The number of halogens is 4. The fourth-order valence-corrected chi connectivity index (χ4v) is 2.15. The number of benzene rings is 2. The fourth-order valence-electron chi connectivity index (χ4n) is 2.15. The highest BCUT2D eigenvalue weighted by atomic mass is 19.2. The van der Waals surface area contributed by atoms with Crippen LogP contribution in [0.1, 0.15) is 15.9 Å². The maximum Gasteiger partial charge on any atom is 0.273 e. The molecule has 1 heterocycles. The summed E-state index contributed by atoms with van der Waals surface area (Å²) in [6.07, 6.45) is 0. The van der Waals surface area contributed by atoms with Gasteiger partial charge in [0.2, 0.25) is 5.69 Å². The minimum Gasteiger partial charge on any atom is -0.618 e. The van der Waals surface area contributed by atoms with E-state index in [1.54, 1.807) is 0 Å². The van der Waals surface area contributed by atoms with Crippen molar-refractivity contribution in [2.45, 2.75) is 0 Å². The van der Waals surface area contributed by atoms with Crippen LogP contribution in [0.5, 0.6) is 0 Å². The van der Waals surface area contributed by atoms with Gasteiger partial charge < -0.3 is 5.21 Å². The lowest BCUT2D eigenvalue weighted by molar-refractivity contribution is -0.355. The Morgan fingerprint density at radius 2 is 1.57 bits per heavy atom. The summed E-state index contributed by atoms with van der Waals surface area (Å²) in [5.74, 6) is -6.31. The van der Waals surface area contributed by atoms with E-state index in [0.717, 1.165) is 18.2 Å². The van der Waals surface area contributed by atoms with Crippen molar-refractivity contribution in [3.8, 4) is 0 Å². The van der Waals surface area contributed by atoms with Gasteiger partial charge >= 0.3 is 0 Å². The van der Waals surface area contributed by atoms with Gasteiger partial charge in [-0.25, -0.2) is 17.6 Å². The second kappa shape index (κ2) is 4.41. The van der Waals surface area contributed by atoms with Crippen LogP contribution in [0.15, 0.2) is 30.3 Å². The number of Topliss-reactive ketones (excluding diaryl/α,β-unsaturated/α-hetero) is 1. The zero-order chi connectivity index (χ0) is 15.3. The first kappa shape index (κ1) is 13.3. The van der Waals surface area contributed by atoms with Crippen molar-refractivity contribution in [2.24, 2.45) is 0 Å². The molecule has 1 aliphatic heterocycles. The molecule has 0 amide bonds. The van der Waals surface area contributed by atoms with Gasteiger partial charge in [0.1, 0.15) is 11.4 Å². The molecule has 2 aromatic carbocycles. The molecule has 0 saturated carbocycles. The minimum atomic E-state index is -1.70. The number of rotatable bonds is 1. The number of hydrogen-bond donors (Lipinski definition) is 0. The van der Waals surface area contributed by atoms with E-state index in [2.05, 4.69) is 0 Å². The van der Waals surface area contributed by atoms with Crippen molar-refractivity contribution >= 4 is 17.2 Å². The van der Waals surface area contributed by atoms with Gasteiger partial charge in [0, 0.05) is 6.07 Å². The summed E-state index contributed by atoms with van der Waals surface area (Å²) in [6, 6.07) is 4.00. The lowest BCUT2D eigenvalue weighted by Gasteiger charge is -2.03. The van der Waals surface area contributed by atoms with E-state index in [-0.39, 0.29) is 16.0 Å². The number of carbonyl (C=O) groups excluding carboxylic acids is 1. The number of fused-ring (bicyclic) bond motifs is 1. The van der Waals surface area contributed by atoms with Gasteiger partial charge in [0.25, 0.3) is 11.5 Å². The molecule has 0 saturated heterocycles. The first-order valence-electron chi connectivity index (χ1n) is 5.73. The smallest absolute Gasteiger partial charge is 0.273 e. The third-order valence-corrected chi connectivity index (χ3v) is 3.10. The van der Waals surface area contributed by atoms with Crippen LogP contribution in [0.2, 0.25) is 0 Å². The number of hydrogen-bond acceptors (Lipinski definition) is 2. The van der Waals surface area contributed by atoms with Crippen molar-refractivity contribution in [2.75, 3.05) is 0 Å². The van der Waals surface area contributed by atoms with Gasteiger partial charge in [-0.1, -0.05) is 0 Å². The Labute approximate surface area is 115 Å². The van der Waals surface area contributed by atoms with Gasteiger partial charge in [-0.05, 0) is 24.3 Å². The maximum atomic E-state index is 13.2. The van der Waals surface area contributed by atoms with E-state index in [1.807, 2.05) is 0 Å². The fraction of sp³-hybridized carbons (Fsp3) is 0. The van der Waals surface area contributed by atoms with E-state index in [9.17, 15) is 27.6 Å². The first-order chi connectivity index (χ1) is 9.90. The van der Waals surface area contributed by atoms with E-state index >= 15 is 0 Å². The lowest BCUT2D eigenvalue weighted by atomic mass is 10.0. The SMILES string of the molecule is O=C1C(c2cc(F)c(F)c(F)c2)=[N+]([O-])c2cc(F)ccc21. The molecular formula is C14H5F4NO2. The summed E-state index contributed by atoms with van der Waals surface area (Å²) in [7, 11) is 0. The molecule has 0 atom stereocenters. The molecule has 3 nitrogen and oxygen atoms in total. The summed E-state index contributed by atoms with van der Waals surface area (Å²) < 4.78 is 52.6. The summed E-state index contributed by atoms with van der Waals surface area (Å²) >= 11 is 0. The summed E-state index contributed by atoms with van der Waals surface area (Å²) in [6.45, 7) is 0. The second-order valence-electron chi connectivity index (χ2n) is 4.39. The highest BCUT2D eigenvalue weighted by molar-refractivity contribution is 6.52. The Hall–Kier alpha value is -2.70. The number of ketones is 1. The van der Waals surface area contributed by atoms with E-state index in [1.165, 1.54) is 0 Å². The Balaban J connectivity index is 2.23. The third-order valence-electron chi connectivity index (χ3n) is 3.10. The molecule has 0 radical (unpaired) electrons. The minimum absolute atomic E-state index is 0.0763. The summed E-state index contributed by atoms with van der Waals surface area (Å²) in [5, 5.41) is 12.0. The second-order valence-corrected chi connectivity index (χ2v) is 4.39. The van der Waals surface area contributed by atoms with Crippen LogP contribution in [-0.4, -0.2) is 16.2 Å². The normalized spacial score (nSPS) is 13.8. The van der Waals surface area contributed by atoms with E-state index < -0.39 is 40.3 Å². The van der Waals surface area contributed by atoms with E-state index in [4.69, 9.17) is 0 Å². The van der Waals surface area contributed by atoms with Crippen molar-refractivity contribution in [1.29, 1.82) is 0 Å². The molecule has 0 spiro atoms. The van der Waals surface area contributed by atoms with Crippen molar-refractivity contribution in [3.05, 3.63) is 69.9 Å². The number of carbonyl (C=O) groups is 1. The van der Waals surface area contributed by atoms with Gasteiger partial charge in [0.05, 0.1) is 5.56 Å². The lowest BCUT2D eigenvalue weighted by Crippen LogP contribution is -2.17. The van der Waals surface area contributed by atoms with Crippen LogP contribution in [-0.2, 0) is 0 Å². The van der Waals surface area contributed by atoms with Crippen molar-refractivity contribution in [3.63, 3.8) is 0 Å². The van der Waals surface area contributed by atoms with Gasteiger partial charge in [-0.2, -0.15) is 4.74 Å². The maximum absolute atomic E-state index is 13.2. The predicted octanol–water partition coefficient (Wildman–Crippen LogP) is 3.07. The Kier molecular flexibility index (Phi) is 2.79. The zero-order valence-corrected chi connectivity index (χ0v) is 10.2. The van der Waals surface area contributed by atoms with Crippen LogP contribution in [0, 0.1) is 28.5 Å². The third kappa shape index (κ3) is 1.89. The molecule has 0 aromatic heterocycles. The average molecular weight is 295 g/mol. The molecular weight excluding hydrogens is 290 g/mol. The molecule has 7 heteroatoms. The monoisotopic (exact) mass is 295 g/mol. The van der Waals surface area contributed by atoms with Crippen LogP contribution >= 0.6 is 0 Å². The topological polar surface area (TPSA) is 43.1 Å². The van der Waals surface area contributed by atoms with Gasteiger partial charge in [-0.15, -0.1) is 0 Å². The average Bonchev–Trinajstić information content (AvgIpc) is 2.67. The largest absolute Gasteiger partial charge is 0.618 e. The molecule has 0 N–H and O–H groups in total. The summed E-state index contributed by atoms with van der Waals surface area (Å²) in [5.41, 5.74) is -1.36. The van der Waals surface area contributed by atoms with Crippen molar-refractivity contribution < 1.29 is 27.1 Å². The molecule has 106 valence electrons. The molecule has 3 rings (SSSR count). The zero-order valence-electron chi connectivity index (χ0n) is 10.2. The van der Waals surface area contributed by atoms with Crippen LogP contribution < -0.4 is 0 Å². The van der Waals surface area contributed by atoms with E-state index in [0.29, 0.717) is 12.1 Å². The molecule has 21 heavy (non-hydrogen) atoms. The van der Waals surface area contributed by atoms with Gasteiger partial charge in [-0.3, -0.25) is 4.79 Å². The highest BCUT2D eigenvalue weighted by Crippen LogP contribution is 2.29. The molecule has 0 aliphatic carbocycles. The van der Waals surface area contributed by atoms with Crippen molar-refractivity contribution in [1.82, 2.24) is 0 Å². The molecule has 2 aromatic rings. The Morgan fingerprint density at radius 3 is 2.19 bits per heavy atom. The molecule has 0 bridgehead atoms. The number of nitrogens with zero attached hydrogens (tertiary/aromatic N) is 1. The standard InChI is InChI=1S/C14H5F4NO2/c15-7-1-2-8-11(5-7)19(21)13(14(8)20)6-3-9(16)12(18)10(17)4-6/h1-5H. The quantitative estimate of drug-likeness (QED) is 0.351. The Morgan fingerprint density at radius 1 is 0.952 bits per heavy atom. The van der Waals surface area contributed by atoms with Gasteiger partial charge in [0.15, 0.2) is 17.5 Å². The first-order valence-corrected chi connectivity index (χ1v) is 5.73. The highest BCUT2D eigenvalue weighted by Gasteiger charge is 2.37. The summed E-state index contributed by atoms with van der Waals surface area (Å²) in [4.78, 5) is 12.1. The van der Waals surface area contributed by atoms with Crippen LogP contribution in [0.4, 0.5) is 23.2 Å². The predicted molar refractivity (Wildman–Crippen MR) is 64.4 cm³/mol. The Bertz CT molecular complexity index is 807. The molecule has 0 unspecified atom stereocenters. The van der Waals surface area contributed by atoms with Crippen LogP contribution in [0.25, 0.3) is 0 Å².